The Labute approximate surface area is 180 Å². The zero-order valence-corrected chi connectivity index (χ0v) is 17.7. The summed E-state index contributed by atoms with van der Waals surface area (Å²) in [6, 6.07) is 13.1. The summed E-state index contributed by atoms with van der Waals surface area (Å²) in [6.45, 7) is 7.76. The summed E-state index contributed by atoms with van der Waals surface area (Å²) in [4.78, 5) is 30.3. The zero-order valence-electron chi connectivity index (χ0n) is 17.7. The summed E-state index contributed by atoms with van der Waals surface area (Å²) in [5.41, 5.74) is 0.00197. The molecule has 1 fully saturated rings. The smallest absolute Gasteiger partial charge is 0.338 e. The van der Waals surface area contributed by atoms with E-state index in [4.69, 9.17) is 0 Å². The fraction of sp³-hybridized carbons (Fsp3) is 0.333. The van der Waals surface area contributed by atoms with Crippen LogP contribution < -0.4 is 5.56 Å². The molecule has 7 heteroatoms. The molecular weight excluding hydrogens is 397 g/mol. The van der Waals surface area contributed by atoms with Gasteiger partial charge in [-0.2, -0.15) is 0 Å². The molecule has 2 aromatic carbocycles. The molecule has 0 aliphatic carbocycles. The van der Waals surface area contributed by atoms with Gasteiger partial charge in [0.05, 0.1) is 16.9 Å². The highest BCUT2D eigenvalue weighted by atomic mass is 19.1. The van der Waals surface area contributed by atoms with E-state index < -0.39 is 17.3 Å². The molecule has 1 saturated heterocycles. The van der Waals surface area contributed by atoms with Crippen LogP contribution in [0.15, 0.2) is 53.3 Å². The van der Waals surface area contributed by atoms with Gasteiger partial charge >= 0.3 is 5.97 Å². The summed E-state index contributed by atoms with van der Waals surface area (Å²) in [6.07, 6.45) is 0. The molecule has 0 unspecified atom stereocenters. The maximum absolute atomic E-state index is 14.8. The number of aromatic carboxylic acids is 1. The minimum Gasteiger partial charge on any atom is -0.478 e. The van der Waals surface area contributed by atoms with Crippen LogP contribution in [0.2, 0.25) is 0 Å². The van der Waals surface area contributed by atoms with Crippen molar-refractivity contribution >= 4 is 16.7 Å². The van der Waals surface area contributed by atoms with Crippen LogP contribution in [0.1, 0.15) is 29.9 Å². The molecule has 0 saturated carbocycles. The standard InChI is InChI=1S/C24H26FN3O3/c1-16(2)27-13-11-26(12-14-27)15-21-22(24(30)31)17-7-3-4-8-18(17)23(29)28(21)20-10-6-5-9-19(20)25/h3-10,16H,11-15H2,1-2H3,(H,30,31). The van der Waals surface area contributed by atoms with Gasteiger partial charge < -0.3 is 5.11 Å². The van der Waals surface area contributed by atoms with Crippen molar-refractivity contribution in [2.75, 3.05) is 26.2 Å². The Morgan fingerprint density at radius 3 is 2.23 bits per heavy atom. The third kappa shape index (κ3) is 3.98. The number of halogens is 1. The largest absolute Gasteiger partial charge is 0.478 e. The second-order valence-corrected chi connectivity index (χ2v) is 8.17. The van der Waals surface area contributed by atoms with Gasteiger partial charge in [-0.3, -0.25) is 19.2 Å². The topological polar surface area (TPSA) is 65.8 Å². The number of hydrogen-bond donors (Lipinski definition) is 1. The van der Waals surface area contributed by atoms with E-state index in [1.807, 2.05) is 0 Å². The van der Waals surface area contributed by atoms with Crippen LogP contribution >= 0.6 is 0 Å². The highest BCUT2D eigenvalue weighted by molar-refractivity contribution is 6.04. The quantitative estimate of drug-likeness (QED) is 0.682. The van der Waals surface area contributed by atoms with Crippen molar-refractivity contribution in [3.63, 3.8) is 0 Å². The van der Waals surface area contributed by atoms with Crippen molar-refractivity contribution in [1.82, 2.24) is 14.4 Å². The first-order valence-corrected chi connectivity index (χ1v) is 10.5. The second-order valence-electron chi connectivity index (χ2n) is 8.17. The van der Waals surface area contributed by atoms with E-state index in [1.54, 1.807) is 36.4 Å². The molecule has 4 rings (SSSR count). The molecule has 1 aromatic heterocycles. The molecule has 0 amide bonds. The highest BCUT2D eigenvalue weighted by Gasteiger charge is 2.26. The van der Waals surface area contributed by atoms with E-state index in [1.165, 1.54) is 16.7 Å². The number of fused-ring (bicyclic) bond motifs is 1. The molecule has 0 atom stereocenters. The van der Waals surface area contributed by atoms with E-state index in [0.29, 0.717) is 17.1 Å². The predicted octanol–water partition coefficient (Wildman–Crippen LogP) is 3.35. The molecule has 2 heterocycles. The Balaban J connectivity index is 1.91. The molecule has 0 radical (unpaired) electrons. The van der Waals surface area contributed by atoms with Gasteiger partial charge in [-0.15, -0.1) is 0 Å². The van der Waals surface area contributed by atoms with Gasteiger partial charge in [-0.1, -0.05) is 30.3 Å². The fourth-order valence-electron chi connectivity index (χ4n) is 4.32. The lowest BCUT2D eigenvalue weighted by atomic mass is 10.0. The average Bonchev–Trinajstić information content (AvgIpc) is 2.75. The van der Waals surface area contributed by atoms with Crippen molar-refractivity contribution in [1.29, 1.82) is 0 Å². The second kappa shape index (κ2) is 8.61. The molecule has 3 aromatic rings. The monoisotopic (exact) mass is 423 g/mol. The van der Waals surface area contributed by atoms with Crippen LogP contribution in [-0.2, 0) is 6.54 Å². The number of nitrogens with zero attached hydrogens (tertiary/aromatic N) is 3. The number of benzene rings is 2. The summed E-state index contributed by atoms with van der Waals surface area (Å²) >= 11 is 0. The van der Waals surface area contributed by atoms with Gasteiger partial charge in [0.15, 0.2) is 0 Å². The van der Waals surface area contributed by atoms with Gasteiger partial charge in [-0.25, -0.2) is 9.18 Å². The number of rotatable bonds is 5. The SMILES string of the molecule is CC(C)N1CCN(Cc2c(C(=O)O)c3ccccc3c(=O)n2-c2ccccc2F)CC1. The van der Waals surface area contributed by atoms with Crippen molar-refractivity contribution in [2.24, 2.45) is 0 Å². The number of carboxylic acid groups (broad SMARTS) is 1. The average molecular weight is 423 g/mol. The van der Waals surface area contributed by atoms with Crippen LogP contribution in [0.25, 0.3) is 16.5 Å². The van der Waals surface area contributed by atoms with E-state index in [9.17, 15) is 19.1 Å². The molecule has 1 aliphatic heterocycles. The highest BCUT2D eigenvalue weighted by Crippen LogP contribution is 2.25. The summed E-state index contributed by atoms with van der Waals surface area (Å²) in [5, 5.41) is 10.7. The van der Waals surface area contributed by atoms with E-state index in [0.717, 1.165) is 26.2 Å². The minimum atomic E-state index is -1.13. The Morgan fingerprint density at radius 1 is 1.00 bits per heavy atom. The Bertz CT molecular complexity index is 1180. The van der Waals surface area contributed by atoms with Crippen LogP contribution in [0, 0.1) is 5.82 Å². The van der Waals surface area contributed by atoms with Crippen molar-refractivity contribution in [3.8, 4) is 5.69 Å². The lowest BCUT2D eigenvalue weighted by Crippen LogP contribution is -2.49. The minimum absolute atomic E-state index is 0.0461. The zero-order chi connectivity index (χ0) is 22.1. The van der Waals surface area contributed by atoms with Gasteiger partial charge in [0.2, 0.25) is 0 Å². The van der Waals surface area contributed by atoms with E-state index >= 15 is 0 Å². The molecule has 162 valence electrons. The normalized spacial score (nSPS) is 15.6. The van der Waals surface area contributed by atoms with Crippen LogP contribution in [0.5, 0.6) is 0 Å². The number of pyridine rings is 1. The van der Waals surface area contributed by atoms with Crippen molar-refractivity contribution in [3.05, 3.63) is 76.0 Å². The van der Waals surface area contributed by atoms with Crippen LogP contribution in [0.4, 0.5) is 4.39 Å². The molecule has 0 spiro atoms. The molecule has 0 bridgehead atoms. The van der Waals surface area contributed by atoms with Gasteiger partial charge in [0, 0.05) is 49.5 Å². The number of carboxylic acids is 1. The number of piperazine rings is 1. The summed E-state index contributed by atoms with van der Waals surface area (Å²) < 4.78 is 16.0. The van der Waals surface area contributed by atoms with Crippen LogP contribution in [-0.4, -0.2) is 57.7 Å². The first-order chi connectivity index (χ1) is 14.9. The fourth-order valence-corrected chi connectivity index (χ4v) is 4.32. The summed E-state index contributed by atoms with van der Waals surface area (Å²) in [7, 11) is 0. The van der Waals surface area contributed by atoms with Gasteiger partial charge in [0.25, 0.3) is 5.56 Å². The Hall–Kier alpha value is -3.03. The van der Waals surface area contributed by atoms with E-state index in [2.05, 4.69) is 23.6 Å². The third-order valence-electron chi connectivity index (χ3n) is 6.01. The maximum atomic E-state index is 14.8. The summed E-state index contributed by atoms with van der Waals surface area (Å²) in [5.74, 6) is -1.70. The van der Waals surface area contributed by atoms with Crippen LogP contribution in [0.3, 0.4) is 0 Å². The Kier molecular flexibility index (Phi) is 5.89. The Morgan fingerprint density at radius 2 is 1.61 bits per heavy atom. The lowest BCUT2D eigenvalue weighted by molar-refractivity contribution is 0.0692. The number of para-hydroxylation sites is 1. The predicted molar refractivity (Wildman–Crippen MR) is 118 cm³/mol. The maximum Gasteiger partial charge on any atom is 0.338 e. The lowest BCUT2D eigenvalue weighted by Gasteiger charge is -2.37. The number of aromatic nitrogens is 1. The molecule has 1 N–H and O–H groups in total. The molecule has 1 aliphatic rings. The van der Waals surface area contributed by atoms with Crippen molar-refractivity contribution < 1.29 is 14.3 Å². The molecule has 6 nitrogen and oxygen atoms in total. The van der Waals surface area contributed by atoms with Gasteiger partial charge in [0.1, 0.15) is 5.82 Å². The third-order valence-corrected chi connectivity index (χ3v) is 6.01. The first kappa shape index (κ1) is 21.2. The first-order valence-electron chi connectivity index (χ1n) is 10.5. The van der Waals surface area contributed by atoms with Gasteiger partial charge in [-0.05, 0) is 32.0 Å². The molecule has 31 heavy (non-hydrogen) atoms. The van der Waals surface area contributed by atoms with E-state index in [-0.39, 0.29) is 23.2 Å². The number of carbonyl (C=O) groups is 1. The molecular formula is C24H26FN3O3. The van der Waals surface area contributed by atoms with Crippen molar-refractivity contribution in [2.45, 2.75) is 26.4 Å². The number of hydrogen-bond acceptors (Lipinski definition) is 4.